The second-order valence-corrected chi connectivity index (χ2v) is 9.83. The first kappa shape index (κ1) is 19.5. The van der Waals surface area contributed by atoms with Gasteiger partial charge in [-0.3, -0.25) is 0 Å². The Kier molecular flexibility index (Phi) is 5.23. The average molecular weight is 397 g/mol. The highest BCUT2D eigenvalue weighted by atomic mass is 14.9. The number of benzene rings is 2. The number of hydrogen-bond acceptors (Lipinski definition) is 0. The van der Waals surface area contributed by atoms with E-state index in [1.54, 1.807) is 5.56 Å². The summed E-state index contributed by atoms with van der Waals surface area (Å²) in [6, 6.07) is 22.6. The number of aromatic nitrogens is 1. The molecular weight excluding hydrogens is 362 g/mol. The van der Waals surface area contributed by atoms with Gasteiger partial charge >= 0.3 is 0 Å². The standard InChI is InChI=1S/C29H34N/c1-22-7-3-4-8-27(22)28-14-13-26(21-30(28)2)24-11-9-23(10-12-24)25-15-19-29(20-16-25)17-5-6-18-29/h3-4,7-14,21,25H,5-6,15-20H2,1-2H3/q+1. The number of rotatable bonds is 3. The zero-order valence-electron chi connectivity index (χ0n) is 18.5. The van der Waals surface area contributed by atoms with Crippen molar-refractivity contribution in [3.05, 3.63) is 78.0 Å². The number of aryl methyl sites for hydroxylation is 2. The summed E-state index contributed by atoms with van der Waals surface area (Å²) < 4.78 is 2.26. The fourth-order valence-electron chi connectivity index (χ4n) is 6.05. The third-order valence-corrected chi connectivity index (χ3v) is 7.98. The fraction of sp³-hybridized carbons (Fsp3) is 0.414. The Bertz CT molecular complexity index is 1010. The van der Waals surface area contributed by atoms with Crippen LogP contribution in [0.4, 0.5) is 0 Å². The van der Waals surface area contributed by atoms with Crippen molar-refractivity contribution >= 4 is 0 Å². The van der Waals surface area contributed by atoms with E-state index in [1.165, 1.54) is 79.3 Å². The lowest BCUT2D eigenvalue weighted by molar-refractivity contribution is -0.659. The molecule has 0 atom stereocenters. The van der Waals surface area contributed by atoms with Gasteiger partial charge in [0.2, 0.25) is 5.69 Å². The molecule has 0 aliphatic heterocycles. The highest BCUT2D eigenvalue weighted by Gasteiger charge is 2.37. The Morgan fingerprint density at radius 2 is 1.43 bits per heavy atom. The van der Waals surface area contributed by atoms with Crippen molar-refractivity contribution in [3.8, 4) is 22.4 Å². The molecule has 1 heteroatoms. The second kappa shape index (κ2) is 8.02. The van der Waals surface area contributed by atoms with E-state index in [2.05, 4.69) is 85.4 Å². The summed E-state index contributed by atoms with van der Waals surface area (Å²) in [4.78, 5) is 0. The Labute approximate surface area is 181 Å². The first-order valence-electron chi connectivity index (χ1n) is 11.8. The summed E-state index contributed by atoms with van der Waals surface area (Å²) in [5, 5.41) is 0. The summed E-state index contributed by atoms with van der Waals surface area (Å²) in [6.07, 6.45) is 13.9. The predicted molar refractivity (Wildman–Crippen MR) is 125 cm³/mol. The summed E-state index contributed by atoms with van der Waals surface area (Å²) >= 11 is 0. The number of nitrogens with zero attached hydrogens (tertiary/aromatic N) is 1. The molecule has 2 aromatic carbocycles. The minimum Gasteiger partial charge on any atom is -0.200 e. The van der Waals surface area contributed by atoms with Crippen LogP contribution in [0.5, 0.6) is 0 Å². The minimum atomic E-state index is 0.726. The maximum atomic E-state index is 2.39. The Morgan fingerprint density at radius 1 is 0.767 bits per heavy atom. The van der Waals surface area contributed by atoms with E-state index in [9.17, 15) is 0 Å². The van der Waals surface area contributed by atoms with Crippen molar-refractivity contribution in [1.82, 2.24) is 0 Å². The topological polar surface area (TPSA) is 3.88 Å². The van der Waals surface area contributed by atoms with Crippen LogP contribution >= 0.6 is 0 Å². The molecule has 154 valence electrons. The van der Waals surface area contributed by atoms with Gasteiger partial charge in [0.25, 0.3) is 0 Å². The van der Waals surface area contributed by atoms with Crippen LogP contribution in [-0.2, 0) is 7.05 Å². The van der Waals surface area contributed by atoms with E-state index < -0.39 is 0 Å². The van der Waals surface area contributed by atoms with E-state index in [0.717, 1.165) is 11.3 Å². The van der Waals surface area contributed by atoms with Crippen molar-refractivity contribution in [1.29, 1.82) is 0 Å². The Balaban J connectivity index is 1.32. The normalized spacial score (nSPS) is 18.7. The molecule has 1 nitrogen and oxygen atoms in total. The molecule has 1 aromatic heterocycles. The number of hydrogen-bond donors (Lipinski definition) is 0. The van der Waals surface area contributed by atoms with E-state index in [0.29, 0.717) is 0 Å². The molecule has 3 aromatic rings. The lowest BCUT2D eigenvalue weighted by Gasteiger charge is -2.37. The number of pyridine rings is 1. The van der Waals surface area contributed by atoms with Gasteiger partial charge in [-0.05, 0) is 85.6 Å². The van der Waals surface area contributed by atoms with E-state index >= 15 is 0 Å². The van der Waals surface area contributed by atoms with Gasteiger partial charge in [-0.25, -0.2) is 4.57 Å². The molecule has 0 unspecified atom stereocenters. The average Bonchev–Trinajstić information content (AvgIpc) is 3.23. The van der Waals surface area contributed by atoms with Crippen LogP contribution in [0.25, 0.3) is 22.4 Å². The van der Waals surface area contributed by atoms with Crippen LogP contribution in [0.3, 0.4) is 0 Å². The van der Waals surface area contributed by atoms with E-state index in [1.807, 2.05) is 0 Å². The quantitative estimate of drug-likeness (QED) is 0.407. The van der Waals surface area contributed by atoms with Gasteiger partial charge in [0.1, 0.15) is 7.05 Å². The Morgan fingerprint density at radius 3 is 2.10 bits per heavy atom. The van der Waals surface area contributed by atoms with Crippen molar-refractivity contribution in [2.75, 3.05) is 0 Å². The molecule has 2 aliphatic rings. The first-order valence-corrected chi connectivity index (χ1v) is 11.8. The predicted octanol–water partition coefficient (Wildman–Crippen LogP) is 7.37. The SMILES string of the molecule is Cc1ccccc1-c1ccc(-c2ccc(C3CCC4(CCCC4)CC3)cc2)c[n+]1C. The summed E-state index contributed by atoms with van der Waals surface area (Å²) in [5.74, 6) is 0.768. The second-order valence-electron chi connectivity index (χ2n) is 9.83. The third kappa shape index (κ3) is 3.71. The highest BCUT2D eigenvalue weighted by molar-refractivity contribution is 5.66. The lowest BCUT2D eigenvalue weighted by Crippen LogP contribution is -2.30. The van der Waals surface area contributed by atoms with Gasteiger partial charge in [-0.15, -0.1) is 0 Å². The van der Waals surface area contributed by atoms with E-state index in [-0.39, 0.29) is 0 Å². The van der Waals surface area contributed by atoms with Gasteiger partial charge in [-0.2, -0.15) is 0 Å². The molecule has 1 spiro atoms. The highest BCUT2D eigenvalue weighted by Crippen LogP contribution is 2.52. The van der Waals surface area contributed by atoms with Gasteiger partial charge in [-0.1, -0.05) is 55.3 Å². The first-order chi connectivity index (χ1) is 14.6. The van der Waals surface area contributed by atoms with Crippen LogP contribution in [0.15, 0.2) is 66.9 Å². The van der Waals surface area contributed by atoms with Gasteiger partial charge in [0.15, 0.2) is 6.20 Å². The molecule has 0 radical (unpaired) electrons. The van der Waals surface area contributed by atoms with Crippen LogP contribution in [-0.4, -0.2) is 0 Å². The molecule has 5 rings (SSSR count). The van der Waals surface area contributed by atoms with Gasteiger partial charge in [0, 0.05) is 17.2 Å². The van der Waals surface area contributed by atoms with Crippen LogP contribution < -0.4 is 4.57 Å². The van der Waals surface area contributed by atoms with Crippen molar-refractivity contribution in [2.45, 2.75) is 64.2 Å². The molecule has 2 aliphatic carbocycles. The Hall–Kier alpha value is -2.41. The largest absolute Gasteiger partial charge is 0.212 e. The lowest BCUT2D eigenvalue weighted by atomic mass is 9.68. The molecule has 30 heavy (non-hydrogen) atoms. The van der Waals surface area contributed by atoms with Crippen molar-refractivity contribution in [3.63, 3.8) is 0 Å². The van der Waals surface area contributed by atoms with Crippen LogP contribution in [0.2, 0.25) is 0 Å². The zero-order valence-corrected chi connectivity index (χ0v) is 18.5. The van der Waals surface area contributed by atoms with Crippen LogP contribution in [0.1, 0.15) is 68.4 Å². The smallest absolute Gasteiger partial charge is 0.200 e. The fourth-order valence-corrected chi connectivity index (χ4v) is 6.05. The molecule has 1 heterocycles. The van der Waals surface area contributed by atoms with Gasteiger partial charge < -0.3 is 0 Å². The molecule has 2 saturated carbocycles. The monoisotopic (exact) mass is 396 g/mol. The molecule has 2 fully saturated rings. The van der Waals surface area contributed by atoms with Crippen molar-refractivity contribution in [2.24, 2.45) is 12.5 Å². The molecule has 0 N–H and O–H groups in total. The zero-order chi connectivity index (χ0) is 20.6. The molecule has 0 bridgehead atoms. The van der Waals surface area contributed by atoms with Crippen LogP contribution in [0, 0.1) is 12.3 Å². The maximum absolute atomic E-state index is 2.39. The molecule has 0 amide bonds. The minimum absolute atomic E-state index is 0.726. The van der Waals surface area contributed by atoms with E-state index in [4.69, 9.17) is 0 Å². The summed E-state index contributed by atoms with van der Waals surface area (Å²) in [7, 11) is 2.15. The van der Waals surface area contributed by atoms with Crippen molar-refractivity contribution < 1.29 is 4.57 Å². The molecule has 0 saturated heterocycles. The molecular formula is C29H34N+. The maximum Gasteiger partial charge on any atom is 0.212 e. The summed E-state index contributed by atoms with van der Waals surface area (Å²) in [6.45, 7) is 2.18. The van der Waals surface area contributed by atoms with Gasteiger partial charge in [0.05, 0.1) is 0 Å². The third-order valence-electron chi connectivity index (χ3n) is 7.98. The summed E-state index contributed by atoms with van der Waals surface area (Å²) in [5.41, 5.74) is 8.76.